The van der Waals surface area contributed by atoms with Crippen molar-refractivity contribution in [2.24, 2.45) is 0 Å². The predicted molar refractivity (Wildman–Crippen MR) is 57.7 cm³/mol. The van der Waals surface area contributed by atoms with Gasteiger partial charge in [0.1, 0.15) is 0 Å². The first-order valence-electron chi connectivity index (χ1n) is 5.30. The van der Waals surface area contributed by atoms with Crippen molar-refractivity contribution in [2.45, 2.75) is 19.6 Å². The number of carbonyl (C=O) groups is 2. The van der Waals surface area contributed by atoms with Gasteiger partial charge in [-0.2, -0.15) is 13.2 Å². The minimum absolute atomic E-state index is 0.0391. The van der Waals surface area contributed by atoms with Crippen molar-refractivity contribution in [3.05, 3.63) is 29.6 Å². The lowest BCUT2D eigenvalue weighted by atomic mass is 10.2. The second-order valence-corrected chi connectivity index (χ2v) is 3.48. The zero-order chi connectivity index (χ0) is 14.5. The van der Waals surface area contributed by atoms with Crippen molar-refractivity contribution < 1.29 is 27.5 Å². The molecule has 1 aromatic rings. The second-order valence-electron chi connectivity index (χ2n) is 3.48. The maximum absolute atomic E-state index is 12.4. The number of nitrogens with zero attached hydrogens (tertiary/aromatic N) is 1. The Hall–Kier alpha value is -2.12. The molecule has 1 aromatic heterocycles. The molecule has 104 valence electrons. The van der Waals surface area contributed by atoms with Crippen LogP contribution in [0.3, 0.4) is 0 Å². The van der Waals surface area contributed by atoms with E-state index in [4.69, 9.17) is 0 Å². The lowest BCUT2D eigenvalue weighted by molar-refractivity contribution is -0.154. The number of rotatable bonds is 3. The molecule has 1 N–H and O–H groups in total. The molecule has 19 heavy (non-hydrogen) atoms. The summed E-state index contributed by atoms with van der Waals surface area (Å²) in [4.78, 5) is 25.5. The highest BCUT2D eigenvalue weighted by molar-refractivity contribution is 6.32. The van der Waals surface area contributed by atoms with Gasteiger partial charge < -0.3 is 10.1 Å². The van der Waals surface area contributed by atoms with Gasteiger partial charge in [0.2, 0.25) is 0 Å². The molecular formula is C11H11F3N2O3. The summed E-state index contributed by atoms with van der Waals surface area (Å²) in [6.07, 6.45) is -2.66. The molecule has 0 saturated carbocycles. The van der Waals surface area contributed by atoms with Crippen LogP contribution >= 0.6 is 0 Å². The number of alkyl halides is 3. The quantitative estimate of drug-likeness (QED) is 0.667. The summed E-state index contributed by atoms with van der Waals surface area (Å²) in [5.74, 6) is -2.10. The molecule has 0 unspecified atom stereocenters. The van der Waals surface area contributed by atoms with Crippen molar-refractivity contribution >= 4 is 11.9 Å². The van der Waals surface area contributed by atoms with E-state index in [-0.39, 0.29) is 18.7 Å². The van der Waals surface area contributed by atoms with Crippen molar-refractivity contribution in [3.63, 3.8) is 0 Å². The van der Waals surface area contributed by atoms with Gasteiger partial charge in [-0.1, -0.05) is 0 Å². The number of esters is 1. The molecule has 0 atom stereocenters. The highest BCUT2D eigenvalue weighted by Gasteiger charge is 2.31. The summed E-state index contributed by atoms with van der Waals surface area (Å²) in [5.41, 5.74) is -0.789. The second kappa shape index (κ2) is 6.17. The number of nitrogens with one attached hydrogen (secondary N) is 1. The van der Waals surface area contributed by atoms with Crippen molar-refractivity contribution in [1.29, 1.82) is 0 Å². The minimum Gasteiger partial charge on any atom is -0.459 e. The molecule has 0 bridgehead atoms. The Morgan fingerprint density at radius 1 is 1.37 bits per heavy atom. The van der Waals surface area contributed by atoms with E-state index in [1.807, 2.05) is 0 Å². The fourth-order valence-corrected chi connectivity index (χ4v) is 1.19. The van der Waals surface area contributed by atoms with Gasteiger partial charge in [0.25, 0.3) is 0 Å². The first-order valence-corrected chi connectivity index (χ1v) is 5.30. The zero-order valence-corrected chi connectivity index (χ0v) is 9.95. The van der Waals surface area contributed by atoms with Crippen molar-refractivity contribution in [1.82, 2.24) is 10.3 Å². The average molecular weight is 276 g/mol. The monoisotopic (exact) mass is 276 g/mol. The number of pyridine rings is 1. The van der Waals surface area contributed by atoms with E-state index in [2.05, 4.69) is 15.0 Å². The normalized spacial score (nSPS) is 10.9. The van der Waals surface area contributed by atoms with Crippen LogP contribution in [0.25, 0.3) is 0 Å². The number of ether oxygens (including phenoxy) is 1. The Morgan fingerprint density at radius 3 is 2.63 bits per heavy atom. The Balaban J connectivity index is 2.64. The van der Waals surface area contributed by atoms with Gasteiger partial charge in [-0.05, 0) is 18.6 Å². The molecule has 0 aromatic carbocycles. The van der Waals surface area contributed by atoms with E-state index in [1.54, 1.807) is 0 Å². The lowest BCUT2D eigenvalue weighted by Gasteiger charge is -2.08. The third-order valence-electron chi connectivity index (χ3n) is 2.04. The number of halogens is 3. The molecule has 1 amide bonds. The predicted octanol–water partition coefficient (Wildman–Crippen LogP) is 1.28. The summed E-state index contributed by atoms with van der Waals surface area (Å²) >= 11 is 0. The highest BCUT2D eigenvalue weighted by atomic mass is 19.4. The molecular weight excluding hydrogens is 265 g/mol. The molecule has 0 aliphatic heterocycles. The Kier molecular flexibility index (Phi) is 4.85. The lowest BCUT2D eigenvalue weighted by Crippen LogP contribution is -2.32. The molecule has 0 saturated heterocycles. The number of amides is 1. The minimum atomic E-state index is -4.51. The van der Waals surface area contributed by atoms with Crippen LogP contribution in [0.2, 0.25) is 0 Å². The van der Waals surface area contributed by atoms with E-state index < -0.39 is 23.6 Å². The van der Waals surface area contributed by atoms with Crippen LogP contribution in [0.5, 0.6) is 0 Å². The summed E-state index contributed by atoms with van der Waals surface area (Å²) in [5, 5.41) is 2.14. The number of aromatic nitrogens is 1. The largest absolute Gasteiger partial charge is 0.459 e. The molecule has 1 rings (SSSR count). The van der Waals surface area contributed by atoms with Crippen LogP contribution in [0.1, 0.15) is 18.1 Å². The molecule has 0 fully saturated rings. The van der Waals surface area contributed by atoms with Gasteiger partial charge in [0.15, 0.2) is 0 Å². The van der Waals surface area contributed by atoms with E-state index in [1.165, 1.54) is 13.1 Å². The van der Waals surface area contributed by atoms with E-state index in [0.29, 0.717) is 6.20 Å². The first-order chi connectivity index (χ1) is 8.84. The maximum Gasteiger partial charge on any atom is 0.417 e. The van der Waals surface area contributed by atoms with Crippen LogP contribution in [0, 0.1) is 0 Å². The molecule has 8 heteroatoms. The maximum atomic E-state index is 12.4. The smallest absolute Gasteiger partial charge is 0.417 e. The fraction of sp³-hybridized carbons (Fsp3) is 0.364. The summed E-state index contributed by atoms with van der Waals surface area (Å²) in [6.45, 7) is 1.33. The topological polar surface area (TPSA) is 68.3 Å². The standard InChI is InChI=1S/C11H11F3N2O3/c1-2-19-10(18)9(17)16-5-7-3-8(6-15-4-7)11(12,13)14/h3-4,6H,2,5H2,1H3,(H,16,17). The van der Waals surface area contributed by atoms with Gasteiger partial charge in [-0.3, -0.25) is 9.78 Å². The van der Waals surface area contributed by atoms with Gasteiger partial charge in [0, 0.05) is 18.9 Å². The molecule has 1 heterocycles. The fourth-order valence-electron chi connectivity index (χ4n) is 1.19. The third kappa shape index (κ3) is 4.57. The van der Waals surface area contributed by atoms with Crippen LogP contribution < -0.4 is 5.32 Å². The number of carbonyl (C=O) groups excluding carboxylic acids is 2. The third-order valence-corrected chi connectivity index (χ3v) is 2.04. The summed E-state index contributed by atoms with van der Waals surface area (Å²) in [7, 11) is 0. The highest BCUT2D eigenvalue weighted by Crippen LogP contribution is 2.28. The summed E-state index contributed by atoms with van der Waals surface area (Å²) < 4.78 is 41.6. The summed E-state index contributed by atoms with van der Waals surface area (Å²) in [6, 6.07) is 0.846. The van der Waals surface area contributed by atoms with Gasteiger partial charge in [0.05, 0.1) is 12.2 Å². The van der Waals surface area contributed by atoms with E-state index in [9.17, 15) is 22.8 Å². The molecule has 0 aliphatic rings. The van der Waals surface area contributed by atoms with Crippen molar-refractivity contribution in [2.75, 3.05) is 6.61 Å². The number of hydrogen-bond acceptors (Lipinski definition) is 4. The van der Waals surface area contributed by atoms with Crippen LogP contribution in [-0.2, 0) is 27.0 Å². The van der Waals surface area contributed by atoms with E-state index >= 15 is 0 Å². The van der Waals surface area contributed by atoms with E-state index in [0.717, 1.165) is 6.07 Å². The molecule has 0 radical (unpaired) electrons. The Morgan fingerprint density at radius 2 is 2.05 bits per heavy atom. The average Bonchev–Trinajstić information content (AvgIpc) is 2.35. The molecule has 5 nitrogen and oxygen atoms in total. The van der Waals surface area contributed by atoms with Crippen molar-refractivity contribution in [3.8, 4) is 0 Å². The molecule has 0 spiro atoms. The van der Waals surface area contributed by atoms with Gasteiger partial charge in [-0.15, -0.1) is 0 Å². The van der Waals surface area contributed by atoms with Crippen LogP contribution in [0.15, 0.2) is 18.5 Å². The van der Waals surface area contributed by atoms with Gasteiger partial charge in [-0.25, -0.2) is 4.79 Å². The first kappa shape index (κ1) is 14.9. The Bertz CT molecular complexity index is 474. The Labute approximate surface area is 106 Å². The zero-order valence-electron chi connectivity index (χ0n) is 9.95. The SMILES string of the molecule is CCOC(=O)C(=O)NCc1cncc(C(F)(F)F)c1. The van der Waals surface area contributed by atoms with Crippen LogP contribution in [-0.4, -0.2) is 23.5 Å². The number of hydrogen-bond donors (Lipinski definition) is 1. The van der Waals surface area contributed by atoms with Crippen LogP contribution in [0.4, 0.5) is 13.2 Å². The van der Waals surface area contributed by atoms with Gasteiger partial charge >= 0.3 is 18.1 Å². The molecule has 0 aliphatic carbocycles.